The SMILES string of the molecule is COCCC(C)(O)CNC1CCCc2cccnc21. The first-order chi connectivity index (χ1) is 9.12. The summed E-state index contributed by atoms with van der Waals surface area (Å²) in [5.74, 6) is 0. The molecule has 1 aromatic heterocycles. The summed E-state index contributed by atoms with van der Waals surface area (Å²) < 4.78 is 5.03. The van der Waals surface area contributed by atoms with Crippen molar-refractivity contribution >= 4 is 0 Å². The highest BCUT2D eigenvalue weighted by molar-refractivity contribution is 5.25. The molecule has 106 valence electrons. The zero-order valence-corrected chi connectivity index (χ0v) is 11.9. The van der Waals surface area contributed by atoms with Crippen LogP contribution in [0.15, 0.2) is 18.3 Å². The fraction of sp³-hybridized carbons (Fsp3) is 0.667. The van der Waals surface area contributed by atoms with Gasteiger partial charge in [0.25, 0.3) is 0 Å². The van der Waals surface area contributed by atoms with Crippen molar-refractivity contribution in [3.8, 4) is 0 Å². The molecule has 2 N–H and O–H groups in total. The quantitative estimate of drug-likeness (QED) is 0.823. The maximum Gasteiger partial charge on any atom is 0.0765 e. The van der Waals surface area contributed by atoms with Crippen molar-refractivity contribution < 1.29 is 9.84 Å². The maximum absolute atomic E-state index is 10.3. The zero-order valence-electron chi connectivity index (χ0n) is 11.9. The normalized spacial score (nSPS) is 21.7. The molecule has 4 nitrogen and oxygen atoms in total. The lowest BCUT2D eigenvalue weighted by Crippen LogP contribution is -2.41. The summed E-state index contributed by atoms with van der Waals surface area (Å²) in [5, 5.41) is 13.7. The number of aliphatic hydroxyl groups is 1. The van der Waals surface area contributed by atoms with E-state index in [0.29, 0.717) is 19.6 Å². The van der Waals surface area contributed by atoms with Gasteiger partial charge in [-0.2, -0.15) is 0 Å². The summed E-state index contributed by atoms with van der Waals surface area (Å²) in [6.45, 7) is 2.99. The van der Waals surface area contributed by atoms with E-state index >= 15 is 0 Å². The molecule has 0 aliphatic heterocycles. The molecule has 0 aromatic carbocycles. The number of hydrogen-bond donors (Lipinski definition) is 2. The minimum Gasteiger partial charge on any atom is -0.389 e. The van der Waals surface area contributed by atoms with E-state index in [4.69, 9.17) is 4.74 Å². The summed E-state index contributed by atoms with van der Waals surface area (Å²) in [6, 6.07) is 4.41. The third kappa shape index (κ3) is 4.00. The summed E-state index contributed by atoms with van der Waals surface area (Å²) in [7, 11) is 1.66. The van der Waals surface area contributed by atoms with Crippen molar-refractivity contribution in [2.45, 2.75) is 44.2 Å². The van der Waals surface area contributed by atoms with Gasteiger partial charge in [-0.1, -0.05) is 6.07 Å². The van der Waals surface area contributed by atoms with Crippen molar-refractivity contribution in [1.29, 1.82) is 0 Å². The predicted molar refractivity (Wildman–Crippen MR) is 75.0 cm³/mol. The smallest absolute Gasteiger partial charge is 0.0765 e. The highest BCUT2D eigenvalue weighted by Crippen LogP contribution is 2.28. The van der Waals surface area contributed by atoms with Gasteiger partial charge in [-0.15, -0.1) is 0 Å². The van der Waals surface area contributed by atoms with Crippen LogP contribution >= 0.6 is 0 Å². The first-order valence-electron chi connectivity index (χ1n) is 7.01. The van der Waals surface area contributed by atoms with Gasteiger partial charge >= 0.3 is 0 Å². The Kier molecular flexibility index (Phi) is 4.91. The molecule has 0 fully saturated rings. The third-order valence-corrected chi connectivity index (χ3v) is 3.77. The average molecular weight is 264 g/mol. The summed E-state index contributed by atoms with van der Waals surface area (Å²) >= 11 is 0. The van der Waals surface area contributed by atoms with Crippen LogP contribution in [-0.4, -0.2) is 36.0 Å². The van der Waals surface area contributed by atoms with Crippen LogP contribution in [-0.2, 0) is 11.2 Å². The van der Waals surface area contributed by atoms with Gasteiger partial charge in [0, 0.05) is 38.9 Å². The van der Waals surface area contributed by atoms with Gasteiger partial charge < -0.3 is 15.2 Å². The Hall–Kier alpha value is -0.970. The van der Waals surface area contributed by atoms with Crippen molar-refractivity contribution in [1.82, 2.24) is 10.3 Å². The van der Waals surface area contributed by atoms with Crippen LogP contribution in [0.25, 0.3) is 0 Å². The number of hydrogen-bond acceptors (Lipinski definition) is 4. The molecule has 1 heterocycles. The standard InChI is InChI=1S/C15H24N2O2/c1-15(18,8-10-19-2)11-17-13-7-3-5-12-6-4-9-16-14(12)13/h4,6,9,13,17-18H,3,5,7-8,10-11H2,1-2H3. The molecule has 1 aliphatic rings. The minimum atomic E-state index is -0.734. The number of ether oxygens (including phenoxy) is 1. The van der Waals surface area contributed by atoms with Crippen LogP contribution in [0.3, 0.4) is 0 Å². The van der Waals surface area contributed by atoms with E-state index in [1.165, 1.54) is 12.0 Å². The maximum atomic E-state index is 10.3. The molecule has 4 heteroatoms. The van der Waals surface area contributed by atoms with Crippen LogP contribution in [0.2, 0.25) is 0 Å². The Labute approximate surface area is 115 Å². The summed E-state index contributed by atoms with van der Waals surface area (Å²) in [6.07, 6.45) is 5.86. The van der Waals surface area contributed by atoms with Crippen LogP contribution in [0, 0.1) is 0 Å². The number of aryl methyl sites for hydroxylation is 1. The van der Waals surface area contributed by atoms with Gasteiger partial charge in [0.05, 0.1) is 11.3 Å². The molecule has 0 spiro atoms. The average Bonchev–Trinajstić information content (AvgIpc) is 2.43. The predicted octanol–water partition coefficient (Wildman–Crippen LogP) is 1.84. The molecule has 0 bridgehead atoms. The Morgan fingerprint density at radius 2 is 2.42 bits per heavy atom. The Morgan fingerprint density at radius 3 is 3.21 bits per heavy atom. The largest absolute Gasteiger partial charge is 0.389 e. The van der Waals surface area contributed by atoms with Crippen LogP contribution < -0.4 is 5.32 Å². The van der Waals surface area contributed by atoms with E-state index < -0.39 is 5.60 Å². The van der Waals surface area contributed by atoms with Crippen molar-refractivity contribution in [2.75, 3.05) is 20.3 Å². The van der Waals surface area contributed by atoms with E-state index in [1.54, 1.807) is 7.11 Å². The molecule has 0 amide bonds. The van der Waals surface area contributed by atoms with E-state index in [1.807, 2.05) is 19.2 Å². The lowest BCUT2D eigenvalue weighted by Gasteiger charge is -2.30. The fourth-order valence-electron chi connectivity index (χ4n) is 2.56. The van der Waals surface area contributed by atoms with Gasteiger partial charge in [0.15, 0.2) is 0 Å². The lowest BCUT2D eigenvalue weighted by molar-refractivity contribution is 0.0221. The number of nitrogens with one attached hydrogen (secondary N) is 1. The highest BCUT2D eigenvalue weighted by Gasteiger charge is 2.25. The number of methoxy groups -OCH3 is 1. The molecular formula is C15H24N2O2. The fourth-order valence-corrected chi connectivity index (χ4v) is 2.56. The summed E-state index contributed by atoms with van der Waals surface area (Å²) in [5.41, 5.74) is 1.75. The van der Waals surface area contributed by atoms with Gasteiger partial charge in [-0.3, -0.25) is 4.98 Å². The Morgan fingerprint density at radius 1 is 1.58 bits per heavy atom. The lowest BCUT2D eigenvalue weighted by atomic mass is 9.91. The minimum absolute atomic E-state index is 0.263. The van der Waals surface area contributed by atoms with Crippen LogP contribution in [0.5, 0.6) is 0 Å². The molecular weight excluding hydrogens is 240 g/mol. The Bertz CT molecular complexity index is 407. The van der Waals surface area contributed by atoms with Gasteiger partial charge in [-0.25, -0.2) is 0 Å². The van der Waals surface area contributed by atoms with Crippen molar-refractivity contribution in [3.63, 3.8) is 0 Å². The first kappa shape index (κ1) is 14.4. The number of rotatable bonds is 6. The molecule has 2 atom stereocenters. The van der Waals surface area contributed by atoms with Crippen LogP contribution in [0.4, 0.5) is 0 Å². The highest BCUT2D eigenvalue weighted by atomic mass is 16.5. The van der Waals surface area contributed by atoms with Gasteiger partial charge in [0.1, 0.15) is 0 Å². The molecule has 1 aliphatic carbocycles. The molecule has 0 saturated carbocycles. The zero-order chi connectivity index (χ0) is 13.7. The second-order valence-electron chi connectivity index (χ2n) is 5.61. The number of fused-ring (bicyclic) bond motifs is 1. The molecule has 2 rings (SSSR count). The number of nitrogens with zero attached hydrogens (tertiary/aromatic N) is 1. The van der Waals surface area contributed by atoms with E-state index in [2.05, 4.69) is 16.4 Å². The van der Waals surface area contributed by atoms with Crippen molar-refractivity contribution in [2.24, 2.45) is 0 Å². The summed E-state index contributed by atoms with van der Waals surface area (Å²) in [4.78, 5) is 4.49. The molecule has 2 unspecified atom stereocenters. The number of aromatic nitrogens is 1. The first-order valence-corrected chi connectivity index (χ1v) is 7.01. The number of pyridine rings is 1. The molecule has 0 radical (unpaired) electrons. The van der Waals surface area contributed by atoms with Crippen LogP contribution in [0.1, 0.15) is 43.5 Å². The van der Waals surface area contributed by atoms with Crippen molar-refractivity contribution in [3.05, 3.63) is 29.6 Å². The Balaban J connectivity index is 1.94. The van der Waals surface area contributed by atoms with E-state index in [-0.39, 0.29) is 6.04 Å². The second-order valence-corrected chi connectivity index (χ2v) is 5.61. The second kappa shape index (κ2) is 6.46. The van der Waals surface area contributed by atoms with E-state index in [9.17, 15) is 5.11 Å². The molecule has 19 heavy (non-hydrogen) atoms. The van der Waals surface area contributed by atoms with E-state index in [0.717, 1.165) is 18.5 Å². The molecule has 1 aromatic rings. The van der Waals surface area contributed by atoms with Gasteiger partial charge in [-0.05, 0) is 37.8 Å². The topological polar surface area (TPSA) is 54.4 Å². The van der Waals surface area contributed by atoms with Gasteiger partial charge in [0.2, 0.25) is 0 Å². The monoisotopic (exact) mass is 264 g/mol. The third-order valence-electron chi connectivity index (χ3n) is 3.77. The molecule has 0 saturated heterocycles.